The summed E-state index contributed by atoms with van der Waals surface area (Å²) in [5.41, 5.74) is 2.04. The lowest BCUT2D eigenvalue weighted by Gasteiger charge is -2.06. The molecule has 0 amide bonds. The zero-order chi connectivity index (χ0) is 14.1. The smallest absolute Gasteiger partial charge is 0.313 e. The molecule has 0 atom stereocenters. The van der Waals surface area contributed by atoms with Crippen LogP contribution in [0.3, 0.4) is 0 Å². The molecule has 102 valence electrons. The van der Waals surface area contributed by atoms with Crippen molar-refractivity contribution in [2.45, 2.75) is 26.2 Å². The fourth-order valence-corrected chi connectivity index (χ4v) is 1.56. The lowest BCUT2D eigenvalue weighted by atomic mass is 10.0. The minimum Gasteiger partial charge on any atom is -0.428 e. The Kier molecular flexibility index (Phi) is 6.36. The average molecular weight is 262 g/mol. The molecule has 1 aromatic rings. The molecule has 0 unspecified atom stereocenters. The summed E-state index contributed by atoms with van der Waals surface area (Å²) >= 11 is 0. The minimum atomic E-state index is -0.473. The van der Waals surface area contributed by atoms with Crippen LogP contribution in [0.25, 0.3) is 0 Å². The van der Waals surface area contributed by atoms with E-state index >= 15 is 0 Å². The maximum absolute atomic E-state index is 11.5. The summed E-state index contributed by atoms with van der Waals surface area (Å²) < 4.78 is 9.31. The molecular formula is C15H18O4. The van der Waals surface area contributed by atoms with Crippen molar-refractivity contribution in [1.29, 1.82) is 0 Å². The maximum atomic E-state index is 11.5. The number of allylic oxidation sites excluding steroid dienone is 1. The molecule has 0 bridgehead atoms. The van der Waals surface area contributed by atoms with Gasteiger partial charge in [0.2, 0.25) is 6.79 Å². The first-order valence-electron chi connectivity index (χ1n) is 6.09. The molecule has 0 heterocycles. The highest BCUT2D eigenvalue weighted by atomic mass is 16.7. The van der Waals surface area contributed by atoms with E-state index in [0.717, 1.165) is 24.0 Å². The topological polar surface area (TPSA) is 52.6 Å². The van der Waals surface area contributed by atoms with Crippen LogP contribution in [0.2, 0.25) is 0 Å². The van der Waals surface area contributed by atoms with Gasteiger partial charge in [0.05, 0.1) is 6.42 Å². The summed E-state index contributed by atoms with van der Waals surface area (Å²) in [6.07, 6.45) is 3.84. The third-order valence-electron chi connectivity index (χ3n) is 2.46. The van der Waals surface area contributed by atoms with E-state index in [-0.39, 0.29) is 13.2 Å². The summed E-state index contributed by atoms with van der Waals surface area (Å²) in [7, 11) is 0. The van der Waals surface area contributed by atoms with Crippen LogP contribution < -0.4 is 0 Å². The lowest BCUT2D eigenvalue weighted by molar-refractivity contribution is -0.165. The number of esters is 2. The van der Waals surface area contributed by atoms with Crippen LogP contribution in [0.4, 0.5) is 0 Å². The highest BCUT2D eigenvalue weighted by Gasteiger charge is 2.06. The number of rotatable bonds is 7. The van der Waals surface area contributed by atoms with Gasteiger partial charge in [0.1, 0.15) is 0 Å². The third-order valence-corrected chi connectivity index (χ3v) is 2.46. The van der Waals surface area contributed by atoms with Gasteiger partial charge in [-0.05, 0) is 24.0 Å². The van der Waals surface area contributed by atoms with E-state index in [1.807, 2.05) is 30.3 Å². The first kappa shape index (κ1) is 15.0. The Bertz CT molecular complexity index is 451. The van der Waals surface area contributed by atoms with Gasteiger partial charge in [0.25, 0.3) is 0 Å². The standard InChI is InChI=1S/C15H18O4/c1-3-4-6-13-7-5-8-14(9-13)10-15(17)19-11-18-12(2)16/h3,5,7-9H,1,4,6,10-11H2,2H3. The number of hydrogen-bond acceptors (Lipinski definition) is 4. The first-order valence-corrected chi connectivity index (χ1v) is 6.09. The maximum Gasteiger partial charge on any atom is 0.313 e. The molecule has 1 aromatic carbocycles. The molecule has 0 N–H and O–H groups in total. The Balaban J connectivity index is 2.44. The van der Waals surface area contributed by atoms with Gasteiger partial charge in [-0.25, -0.2) is 0 Å². The highest BCUT2D eigenvalue weighted by molar-refractivity contribution is 5.72. The second-order valence-electron chi connectivity index (χ2n) is 4.09. The molecule has 1 rings (SSSR count). The van der Waals surface area contributed by atoms with E-state index in [1.165, 1.54) is 6.92 Å². The van der Waals surface area contributed by atoms with E-state index in [4.69, 9.17) is 4.74 Å². The van der Waals surface area contributed by atoms with Gasteiger partial charge in [0, 0.05) is 6.92 Å². The van der Waals surface area contributed by atoms with Crippen molar-refractivity contribution in [3.05, 3.63) is 48.0 Å². The van der Waals surface area contributed by atoms with Crippen LogP contribution in [-0.4, -0.2) is 18.7 Å². The molecule has 4 heteroatoms. The van der Waals surface area contributed by atoms with Crippen molar-refractivity contribution in [2.75, 3.05) is 6.79 Å². The van der Waals surface area contributed by atoms with Crippen molar-refractivity contribution in [1.82, 2.24) is 0 Å². The Labute approximate surface area is 113 Å². The molecule has 0 saturated heterocycles. The molecule has 0 aliphatic heterocycles. The van der Waals surface area contributed by atoms with Gasteiger partial charge < -0.3 is 9.47 Å². The molecule has 0 aliphatic carbocycles. The van der Waals surface area contributed by atoms with Gasteiger partial charge >= 0.3 is 11.9 Å². The monoisotopic (exact) mass is 262 g/mol. The van der Waals surface area contributed by atoms with Crippen molar-refractivity contribution in [2.24, 2.45) is 0 Å². The fourth-order valence-electron chi connectivity index (χ4n) is 1.56. The number of carbonyl (C=O) groups is 2. The quantitative estimate of drug-likeness (QED) is 0.430. The van der Waals surface area contributed by atoms with Crippen LogP contribution >= 0.6 is 0 Å². The zero-order valence-electron chi connectivity index (χ0n) is 11.1. The zero-order valence-corrected chi connectivity index (χ0v) is 11.1. The van der Waals surface area contributed by atoms with Crippen LogP contribution in [0.5, 0.6) is 0 Å². The Hall–Kier alpha value is -2.10. The molecule has 19 heavy (non-hydrogen) atoms. The molecule has 0 aromatic heterocycles. The number of carbonyl (C=O) groups excluding carboxylic acids is 2. The van der Waals surface area contributed by atoms with Crippen molar-refractivity contribution in [3.8, 4) is 0 Å². The Morgan fingerprint density at radius 2 is 2.00 bits per heavy atom. The van der Waals surface area contributed by atoms with Gasteiger partial charge in [-0.15, -0.1) is 6.58 Å². The van der Waals surface area contributed by atoms with Crippen LogP contribution in [0, 0.1) is 0 Å². The van der Waals surface area contributed by atoms with Gasteiger partial charge in [-0.2, -0.15) is 0 Å². The molecule has 0 radical (unpaired) electrons. The molecule has 4 nitrogen and oxygen atoms in total. The summed E-state index contributed by atoms with van der Waals surface area (Å²) in [5.74, 6) is -0.888. The molecular weight excluding hydrogens is 244 g/mol. The second-order valence-corrected chi connectivity index (χ2v) is 4.09. The van der Waals surface area contributed by atoms with Crippen LogP contribution in [-0.2, 0) is 31.9 Å². The minimum absolute atomic E-state index is 0.170. The second kappa shape index (κ2) is 8.08. The molecule has 0 saturated carbocycles. The fraction of sp³-hybridized carbons (Fsp3) is 0.333. The summed E-state index contributed by atoms with van der Waals surface area (Å²) in [5, 5.41) is 0. The third kappa shape index (κ3) is 6.41. The predicted molar refractivity (Wildman–Crippen MR) is 71.4 cm³/mol. The molecule has 0 aliphatic rings. The Morgan fingerprint density at radius 3 is 2.68 bits per heavy atom. The van der Waals surface area contributed by atoms with Crippen LogP contribution in [0.15, 0.2) is 36.9 Å². The normalized spacial score (nSPS) is 9.74. The van der Waals surface area contributed by atoms with E-state index in [9.17, 15) is 9.59 Å². The van der Waals surface area contributed by atoms with Crippen LogP contribution in [0.1, 0.15) is 24.5 Å². The lowest BCUT2D eigenvalue weighted by Crippen LogP contribution is -2.12. The van der Waals surface area contributed by atoms with Crippen molar-refractivity contribution in [3.63, 3.8) is 0 Å². The Morgan fingerprint density at radius 1 is 1.26 bits per heavy atom. The summed E-state index contributed by atoms with van der Waals surface area (Å²) in [6.45, 7) is 4.61. The van der Waals surface area contributed by atoms with E-state index in [2.05, 4.69) is 11.3 Å². The van der Waals surface area contributed by atoms with E-state index in [1.54, 1.807) is 0 Å². The summed E-state index contributed by atoms with van der Waals surface area (Å²) in [6, 6.07) is 7.76. The van der Waals surface area contributed by atoms with Gasteiger partial charge in [0.15, 0.2) is 0 Å². The van der Waals surface area contributed by atoms with Gasteiger partial charge in [-0.1, -0.05) is 30.3 Å². The largest absolute Gasteiger partial charge is 0.428 e. The highest BCUT2D eigenvalue weighted by Crippen LogP contribution is 2.09. The number of hydrogen-bond donors (Lipinski definition) is 0. The van der Waals surface area contributed by atoms with Crippen molar-refractivity contribution >= 4 is 11.9 Å². The predicted octanol–water partition coefficient (Wildman–Crippen LogP) is 2.41. The van der Waals surface area contributed by atoms with Crippen molar-refractivity contribution < 1.29 is 19.1 Å². The number of aryl methyl sites for hydroxylation is 1. The number of benzene rings is 1. The average Bonchev–Trinajstić information content (AvgIpc) is 2.36. The van der Waals surface area contributed by atoms with Gasteiger partial charge in [-0.3, -0.25) is 9.59 Å². The first-order chi connectivity index (χ1) is 9.11. The molecule has 0 fully saturated rings. The molecule has 0 spiro atoms. The van der Waals surface area contributed by atoms with E-state index in [0.29, 0.717) is 0 Å². The summed E-state index contributed by atoms with van der Waals surface area (Å²) in [4.78, 5) is 22.0. The number of ether oxygens (including phenoxy) is 2. The SMILES string of the molecule is C=CCCc1cccc(CC(=O)OCOC(C)=O)c1. The van der Waals surface area contributed by atoms with E-state index < -0.39 is 11.9 Å².